The summed E-state index contributed by atoms with van der Waals surface area (Å²) >= 11 is 0. The van der Waals surface area contributed by atoms with E-state index in [-0.39, 0.29) is 23.9 Å². The number of carbonyl (C=O) groups excluding carboxylic acids is 1. The predicted molar refractivity (Wildman–Crippen MR) is 101 cm³/mol. The van der Waals surface area contributed by atoms with Crippen LogP contribution in [0.2, 0.25) is 0 Å². The molecular weight excluding hydrogens is 369 g/mol. The van der Waals surface area contributed by atoms with E-state index in [9.17, 15) is 17.6 Å². The van der Waals surface area contributed by atoms with Gasteiger partial charge in [0.2, 0.25) is 15.9 Å². The first-order valence-corrected chi connectivity index (χ1v) is 10.9. The number of nitrogens with zero attached hydrogens (tertiary/aromatic N) is 3. The van der Waals surface area contributed by atoms with Gasteiger partial charge in [-0.1, -0.05) is 13.8 Å². The second kappa shape index (κ2) is 7.48. The molecule has 8 heteroatoms. The van der Waals surface area contributed by atoms with Gasteiger partial charge in [-0.3, -0.25) is 9.69 Å². The summed E-state index contributed by atoms with van der Waals surface area (Å²) in [7, 11) is -1.86. The maximum absolute atomic E-state index is 13.1. The smallest absolute Gasteiger partial charge is 0.243 e. The molecule has 1 amide bonds. The SMILES string of the molecule is CC(C)CN1CCN(C)C(=O)C12CCN(S(=O)(=O)c1ccc(F)cc1)CC2. The van der Waals surface area contributed by atoms with Crippen molar-refractivity contribution in [3.8, 4) is 0 Å². The Morgan fingerprint density at radius 3 is 2.22 bits per heavy atom. The highest BCUT2D eigenvalue weighted by molar-refractivity contribution is 7.89. The van der Waals surface area contributed by atoms with Crippen LogP contribution < -0.4 is 0 Å². The molecule has 2 saturated heterocycles. The summed E-state index contributed by atoms with van der Waals surface area (Å²) in [6, 6.07) is 4.89. The van der Waals surface area contributed by atoms with Gasteiger partial charge in [-0.15, -0.1) is 0 Å². The summed E-state index contributed by atoms with van der Waals surface area (Å²) in [4.78, 5) is 17.1. The molecule has 1 aromatic carbocycles. The fourth-order valence-electron chi connectivity index (χ4n) is 4.17. The van der Waals surface area contributed by atoms with Crippen molar-refractivity contribution >= 4 is 15.9 Å². The van der Waals surface area contributed by atoms with Gasteiger partial charge >= 0.3 is 0 Å². The molecule has 1 spiro atoms. The van der Waals surface area contributed by atoms with Gasteiger partial charge in [0.15, 0.2) is 0 Å². The third-order valence-electron chi connectivity index (χ3n) is 5.64. The largest absolute Gasteiger partial charge is 0.343 e. The van der Waals surface area contributed by atoms with Crippen LogP contribution in [0.25, 0.3) is 0 Å². The number of hydrogen-bond acceptors (Lipinski definition) is 4. The molecular formula is C19H28FN3O3S. The van der Waals surface area contributed by atoms with E-state index in [1.807, 2.05) is 7.05 Å². The fourth-order valence-corrected chi connectivity index (χ4v) is 5.61. The van der Waals surface area contributed by atoms with Crippen molar-refractivity contribution in [2.24, 2.45) is 5.92 Å². The van der Waals surface area contributed by atoms with E-state index in [1.54, 1.807) is 4.90 Å². The molecule has 150 valence electrons. The van der Waals surface area contributed by atoms with Gasteiger partial charge in [-0.2, -0.15) is 4.31 Å². The van der Waals surface area contributed by atoms with Gasteiger partial charge in [-0.25, -0.2) is 12.8 Å². The molecule has 6 nitrogen and oxygen atoms in total. The standard InChI is InChI=1S/C19H28FN3O3S/c1-15(2)14-22-13-12-21(3)18(24)19(22)8-10-23(11-9-19)27(25,26)17-6-4-16(20)5-7-17/h4-7,15H,8-14H2,1-3H3. The Morgan fingerprint density at radius 2 is 1.67 bits per heavy atom. The van der Waals surface area contributed by atoms with Crippen LogP contribution in [0.4, 0.5) is 4.39 Å². The molecule has 0 bridgehead atoms. The fraction of sp³-hybridized carbons (Fsp3) is 0.632. The third-order valence-corrected chi connectivity index (χ3v) is 7.55. The van der Waals surface area contributed by atoms with Crippen LogP contribution in [-0.4, -0.2) is 73.7 Å². The lowest BCUT2D eigenvalue weighted by Gasteiger charge is -2.52. The molecule has 0 atom stereocenters. The summed E-state index contributed by atoms with van der Waals surface area (Å²) < 4.78 is 40.3. The highest BCUT2D eigenvalue weighted by Crippen LogP contribution is 2.35. The average Bonchev–Trinajstić information content (AvgIpc) is 2.63. The Morgan fingerprint density at radius 1 is 1.07 bits per heavy atom. The number of hydrogen-bond donors (Lipinski definition) is 0. The van der Waals surface area contributed by atoms with Crippen molar-refractivity contribution < 1.29 is 17.6 Å². The molecule has 0 aromatic heterocycles. The number of likely N-dealkylation sites (N-methyl/N-ethyl adjacent to an activating group) is 1. The normalized spacial score (nSPS) is 22.0. The van der Waals surface area contributed by atoms with Crippen molar-refractivity contribution in [3.05, 3.63) is 30.1 Å². The second-order valence-corrected chi connectivity index (χ2v) is 9.89. The number of piperazine rings is 1. The van der Waals surface area contributed by atoms with Gasteiger partial charge in [0.05, 0.1) is 4.90 Å². The van der Waals surface area contributed by atoms with E-state index in [0.717, 1.165) is 25.2 Å². The number of piperidine rings is 1. The first kappa shape index (κ1) is 20.2. The second-order valence-electron chi connectivity index (χ2n) is 7.96. The molecule has 2 aliphatic rings. The monoisotopic (exact) mass is 397 g/mol. The molecule has 0 radical (unpaired) electrons. The summed E-state index contributed by atoms with van der Waals surface area (Å²) in [6.45, 7) is 7.16. The highest BCUT2D eigenvalue weighted by atomic mass is 32.2. The molecule has 2 fully saturated rings. The lowest BCUT2D eigenvalue weighted by Crippen LogP contribution is -2.68. The zero-order valence-corrected chi connectivity index (χ0v) is 17.0. The van der Waals surface area contributed by atoms with E-state index < -0.39 is 21.4 Å². The third kappa shape index (κ3) is 3.75. The Balaban J connectivity index is 1.81. The van der Waals surface area contributed by atoms with Crippen LogP contribution >= 0.6 is 0 Å². The molecule has 2 heterocycles. The number of sulfonamides is 1. The van der Waals surface area contributed by atoms with Crippen LogP contribution in [0.15, 0.2) is 29.2 Å². The van der Waals surface area contributed by atoms with Gasteiger partial charge in [0.25, 0.3) is 0 Å². The Hall–Kier alpha value is -1.51. The maximum Gasteiger partial charge on any atom is 0.243 e. The number of rotatable bonds is 4. The molecule has 2 aliphatic heterocycles. The zero-order valence-electron chi connectivity index (χ0n) is 16.2. The Bertz CT molecular complexity index is 787. The predicted octanol–water partition coefficient (Wildman–Crippen LogP) is 1.78. The first-order chi connectivity index (χ1) is 12.7. The van der Waals surface area contributed by atoms with Crippen molar-refractivity contribution in [2.75, 3.05) is 39.8 Å². The van der Waals surface area contributed by atoms with E-state index >= 15 is 0 Å². The molecule has 0 N–H and O–H groups in total. The zero-order chi connectivity index (χ0) is 19.8. The first-order valence-electron chi connectivity index (χ1n) is 9.43. The number of amides is 1. The molecule has 0 saturated carbocycles. The minimum Gasteiger partial charge on any atom is -0.343 e. The van der Waals surface area contributed by atoms with Crippen LogP contribution in [0.5, 0.6) is 0 Å². The Kier molecular flexibility index (Phi) is 5.61. The Labute approximate surface area is 161 Å². The van der Waals surface area contributed by atoms with E-state index in [1.165, 1.54) is 16.4 Å². The van der Waals surface area contributed by atoms with Crippen molar-refractivity contribution in [2.45, 2.75) is 37.1 Å². The van der Waals surface area contributed by atoms with Crippen LogP contribution in [0, 0.1) is 11.7 Å². The minimum atomic E-state index is -3.68. The highest BCUT2D eigenvalue weighted by Gasteiger charge is 2.51. The quantitative estimate of drug-likeness (QED) is 0.777. The molecule has 0 aliphatic carbocycles. The van der Waals surface area contributed by atoms with E-state index in [0.29, 0.717) is 25.3 Å². The lowest BCUT2D eigenvalue weighted by molar-refractivity contribution is -0.153. The van der Waals surface area contributed by atoms with Crippen LogP contribution in [0.1, 0.15) is 26.7 Å². The van der Waals surface area contributed by atoms with E-state index in [2.05, 4.69) is 18.7 Å². The number of benzene rings is 1. The van der Waals surface area contributed by atoms with Crippen molar-refractivity contribution in [1.82, 2.24) is 14.1 Å². The molecule has 27 heavy (non-hydrogen) atoms. The van der Waals surface area contributed by atoms with Gasteiger partial charge in [-0.05, 0) is 43.0 Å². The van der Waals surface area contributed by atoms with E-state index in [4.69, 9.17) is 0 Å². The maximum atomic E-state index is 13.1. The average molecular weight is 398 g/mol. The summed E-state index contributed by atoms with van der Waals surface area (Å²) in [5.74, 6) is 0.0546. The lowest BCUT2D eigenvalue weighted by atomic mass is 9.82. The van der Waals surface area contributed by atoms with Gasteiger partial charge < -0.3 is 4.90 Å². The number of carbonyl (C=O) groups is 1. The summed E-state index contributed by atoms with van der Waals surface area (Å²) in [5, 5.41) is 0. The minimum absolute atomic E-state index is 0.0889. The van der Waals surface area contributed by atoms with Crippen molar-refractivity contribution in [1.29, 1.82) is 0 Å². The van der Waals surface area contributed by atoms with Crippen LogP contribution in [-0.2, 0) is 14.8 Å². The number of halogens is 1. The topological polar surface area (TPSA) is 60.9 Å². The van der Waals surface area contributed by atoms with Gasteiger partial charge in [0.1, 0.15) is 11.4 Å². The van der Waals surface area contributed by atoms with Gasteiger partial charge in [0, 0.05) is 39.8 Å². The molecule has 1 aromatic rings. The van der Waals surface area contributed by atoms with Crippen molar-refractivity contribution in [3.63, 3.8) is 0 Å². The summed E-state index contributed by atoms with van der Waals surface area (Å²) in [6.07, 6.45) is 0.951. The molecule has 3 rings (SSSR count). The molecule has 0 unspecified atom stereocenters. The summed E-state index contributed by atoms with van der Waals surface area (Å²) in [5.41, 5.74) is -0.619. The van der Waals surface area contributed by atoms with Crippen LogP contribution in [0.3, 0.4) is 0 Å².